The van der Waals surface area contributed by atoms with Gasteiger partial charge in [-0.15, -0.1) is 0 Å². The summed E-state index contributed by atoms with van der Waals surface area (Å²) in [5.41, 5.74) is 8.47. The Morgan fingerprint density at radius 3 is 2.75 bits per heavy atom. The number of nitriles is 2. The monoisotopic (exact) mass is 212 g/mol. The smallest absolute Gasteiger partial charge is 0.201 e. The van der Waals surface area contributed by atoms with Gasteiger partial charge in [-0.1, -0.05) is 6.07 Å². The lowest BCUT2D eigenvalue weighted by molar-refractivity contribution is 1.33. The van der Waals surface area contributed by atoms with Crippen molar-refractivity contribution in [2.24, 2.45) is 10.8 Å². The third-order valence-electron chi connectivity index (χ3n) is 1.65. The molecule has 16 heavy (non-hydrogen) atoms. The molecule has 0 radical (unpaired) electrons. The Morgan fingerprint density at radius 2 is 2.19 bits per heavy atom. The zero-order valence-electron chi connectivity index (χ0n) is 8.23. The van der Waals surface area contributed by atoms with Crippen molar-refractivity contribution in [3.63, 3.8) is 0 Å². The standard InChI is InChI=1S/C10H8N6/c11-5-7-2-1-3-8(4-7)15-16-9(6-12)10(13)14/h1-4,15H,(H3,13,14)/b16-9+. The summed E-state index contributed by atoms with van der Waals surface area (Å²) in [6, 6.07) is 10.2. The van der Waals surface area contributed by atoms with Crippen LogP contribution in [0, 0.1) is 28.1 Å². The van der Waals surface area contributed by atoms with Crippen LogP contribution in [0.5, 0.6) is 0 Å². The van der Waals surface area contributed by atoms with Gasteiger partial charge in [-0.05, 0) is 18.2 Å². The second-order valence-corrected chi connectivity index (χ2v) is 2.79. The van der Waals surface area contributed by atoms with Gasteiger partial charge in [-0.2, -0.15) is 15.6 Å². The van der Waals surface area contributed by atoms with Gasteiger partial charge < -0.3 is 5.73 Å². The van der Waals surface area contributed by atoms with Crippen molar-refractivity contribution in [2.75, 3.05) is 5.43 Å². The van der Waals surface area contributed by atoms with E-state index in [1.54, 1.807) is 30.3 Å². The summed E-state index contributed by atoms with van der Waals surface area (Å²) in [6.07, 6.45) is 0. The number of rotatable bonds is 3. The van der Waals surface area contributed by atoms with Crippen LogP contribution in [-0.4, -0.2) is 11.5 Å². The number of benzene rings is 1. The topological polar surface area (TPSA) is 122 Å². The highest BCUT2D eigenvalue weighted by Crippen LogP contribution is 2.09. The van der Waals surface area contributed by atoms with E-state index in [2.05, 4.69) is 10.5 Å². The summed E-state index contributed by atoms with van der Waals surface area (Å²) in [5, 5.41) is 27.9. The van der Waals surface area contributed by atoms with Crippen molar-refractivity contribution in [3.8, 4) is 12.1 Å². The van der Waals surface area contributed by atoms with Crippen molar-refractivity contribution in [1.29, 1.82) is 15.9 Å². The molecule has 0 unspecified atom stereocenters. The van der Waals surface area contributed by atoms with E-state index >= 15 is 0 Å². The van der Waals surface area contributed by atoms with Gasteiger partial charge in [0.1, 0.15) is 6.07 Å². The van der Waals surface area contributed by atoms with Crippen LogP contribution in [0.1, 0.15) is 5.56 Å². The van der Waals surface area contributed by atoms with Gasteiger partial charge in [0.05, 0.1) is 17.3 Å². The molecular formula is C10H8N6. The van der Waals surface area contributed by atoms with Crippen LogP contribution in [0.25, 0.3) is 0 Å². The highest BCUT2D eigenvalue weighted by atomic mass is 15.3. The minimum absolute atomic E-state index is 0.206. The molecule has 0 aliphatic carbocycles. The average Bonchev–Trinajstić information content (AvgIpc) is 2.29. The number of nitrogens with one attached hydrogen (secondary N) is 2. The van der Waals surface area contributed by atoms with Crippen LogP contribution in [0.2, 0.25) is 0 Å². The van der Waals surface area contributed by atoms with Gasteiger partial charge in [-0.25, -0.2) is 0 Å². The number of nitrogens with zero attached hydrogens (tertiary/aromatic N) is 3. The summed E-state index contributed by atoms with van der Waals surface area (Å²) < 4.78 is 0. The molecule has 1 aromatic carbocycles. The van der Waals surface area contributed by atoms with Crippen molar-refractivity contribution < 1.29 is 0 Å². The van der Waals surface area contributed by atoms with Gasteiger partial charge >= 0.3 is 0 Å². The van der Waals surface area contributed by atoms with Crippen LogP contribution < -0.4 is 11.2 Å². The molecule has 1 aromatic rings. The Labute approximate surface area is 92.1 Å². The molecule has 0 aliphatic heterocycles. The van der Waals surface area contributed by atoms with Gasteiger partial charge in [0.25, 0.3) is 0 Å². The molecule has 0 spiro atoms. The van der Waals surface area contributed by atoms with Crippen molar-refractivity contribution in [1.82, 2.24) is 0 Å². The molecule has 1 rings (SSSR count). The average molecular weight is 212 g/mol. The lowest BCUT2D eigenvalue weighted by atomic mass is 10.2. The van der Waals surface area contributed by atoms with Crippen LogP contribution in [0.3, 0.4) is 0 Å². The Kier molecular flexibility index (Phi) is 3.59. The van der Waals surface area contributed by atoms with E-state index < -0.39 is 5.84 Å². The molecule has 78 valence electrons. The Morgan fingerprint density at radius 1 is 1.44 bits per heavy atom. The maximum atomic E-state index is 8.65. The van der Waals surface area contributed by atoms with E-state index in [0.717, 1.165) is 0 Å². The summed E-state index contributed by atoms with van der Waals surface area (Å²) >= 11 is 0. The minimum Gasteiger partial charge on any atom is -0.382 e. The SMILES string of the molecule is N#C/C(=N\Nc1cccc(C#N)c1)C(=N)N. The lowest BCUT2D eigenvalue weighted by Gasteiger charge is -2.00. The molecule has 6 nitrogen and oxygen atoms in total. The maximum Gasteiger partial charge on any atom is 0.201 e. The second-order valence-electron chi connectivity index (χ2n) is 2.79. The van der Waals surface area contributed by atoms with Crippen LogP contribution >= 0.6 is 0 Å². The summed E-state index contributed by atoms with van der Waals surface area (Å²) in [6.45, 7) is 0. The van der Waals surface area contributed by atoms with Crippen LogP contribution in [0.15, 0.2) is 29.4 Å². The molecule has 0 bridgehead atoms. The molecule has 0 atom stereocenters. The fraction of sp³-hybridized carbons (Fsp3) is 0. The zero-order valence-corrected chi connectivity index (χ0v) is 8.23. The first-order valence-electron chi connectivity index (χ1n) is 4.25. The molecule has 0 amide bonds. The van der Waals surface area contributed by atoms with Crippen molar-refractivity contribution in [3.05, 3.63) is 29.8 Å². The molecule has 4 N–H and O–H groups in total. The van der Waals surface area contributed by atoms with Gasteiger partial charge in [0.15, 0.2) is 5.84 Å². The predicted octanol–water partition coefficient (Wildman–Crippen LogP) is 0.786. The molecule has 0 fully saturated rings. The largest absolute Gasteiger partial charge is 0.382 e. The molecule has 6 heteroatoms. The van der Waals surface area contributed by atoms with E-state index in [1.165, 1.54) is 0 Å². The van der Waals surface area contributed by atoms with Crippen molar-refractivity contribution in [2.45, 2.75) is 0 Å². The highest BCUT2D eigenvalue weighted by molar-refractivity contribution is 6.45. The zero-order chi connectivity index (χ0) is 12.0. The molecule has 0 heterocycles. The van der Waals surface area contributed by atoms with Gasteiger partial charge in [0.2, 0.25) is 5.71 Å². The maximum absolute atomic E-state index is 8.65. The van der Waals surface area contributed by atoms with E-state index in [4.69, 9.17) is 21.7 Å². The second kappa shape index (κ2) is 5.13. The fourth-order valence-corrected chi connectivity index (χ4v) is 0.924. The molecule has 0 saturated heterocycles. The van der Waals surface area contributed by atoms with E-state index in [9.17, 15) is 0 Å². The van der Waals surface area contributed by atoms with Crippen LogP contribution in [0.4, 0.5) is 5.69 Å². The van der Waals surface area contributed by atoms with E-state index in [0.29, 0.717) is 11.3 Å². The number of nitrogens with two attached hydrogens (primary N) is 1. The summed E-state index contributed by atoms with van der Waals surface area (Å²) in [5.74, 6) is -0.411. The Balaban J connectivity index is 2.86. The quantitative estimate of drug-likeness (QED) is 0.389. The van der Waals surface area contributed by atoms with Gasteiger partial charge in [0, 0.05) is 0 Å². The minimum atomic E-state index is -0.411. The number of hydrogen-bond acceptors (Lipinski definition) is 5. The molecular weight excluding hydrogens is 204 g/mol. The third kappa shape index (κ3) is 2.82. The first-order valence-corrected chi connectivity index (χ1v) is 4.25. The first-order chi connectivity index (χ1) is 7.67. The third-order valence-corrected chi connectivity index (χ3v) is 1.65. The van der Waals surface area contributed by atoms with E-state index in [1.807, 2.05) is 6.07 Å². The molecule has 0 saturated carbocycles. The fourth-order valence-electron chi connectivity index (χ4n) is 0.924. The normalized spacial score (nSPS) is 10.0. The number of anilines is 1. The summed E-state index contributed by atoms with van der Waals surface area (Å²) in [4.78, 5) is 0. The predicted molar refractivity (Wildman–Crippen MR) is 59.7 cm³/mol. The Hall–Kier alpha value is -2.86. The van der Waals surface area contributed by atoms with E-state index in [-0.39, 0.29) is 5.71 Å². The molecule has 0 aliphatic rings. The Bertz CT molecular complexity index is 517. The number of hydrogen-bond donors (Lipinski definition) is 3. The van der Waals surface area contributed by atoms with Gasteiger partial charge in [-0.3, -0.25) is 10.8 Å². The van der Waals surface area contributed by atoms with Crippen molar-refractivity contribution >= 4 is 17.2 Å². The first kappa shape index (κ1) is 11.2. The number of amidine groups is 1. The highest BCUT2D eigenvalue weighted by Gasteiger charge is 2.00. The summed E-state index contributed by atoms with van der Waals surface area (Å²) in [7, 11) is 0. The molecule has 0 aromatic heterocycles. The number of hydrazone groups is 1. The lowest BCUT2D eigenvalue weighted by Crippen LogP contribution is -2.21. The van der Waals surface area contributed by atoms with Crippen LogP contribution in [-0.2, 0) is 0 Å².